The van der Waals surface area contributed by atoms with Crippen LogP contribution < -0.4 is 5.32 Å². The summed E-state index contributed by atoms with van der Waals surface area (Å²) in [5.41, 5.74) is 0.116. The number of carbonyl (C=O) groups is 1. The number of nitrogens with zero attached hydrogens (tertiary/aromatic N) is 2. The lowest BCUT2D eigenvalue weighted by atomic mass is 10.1. The first-order chi connectivity index (χ1) is 12.0. The number of aromatic nitrogens is 1. The molecular weight excluding hydrogens is 342 g/mol. The van der Waals surface area contributed by atoms with Gasteiger partial charge in [0.25, 0.3) is 0 Å². The van der Waals surface area contributed by atoms with Crippen LogP contribution >= 0.6 is 0 Å². The number of methoxy groups -OCH3 is 1. The van der Waals surface area contributed by atoms with E-state index in [4.69, 9.17) is 4.74 Å². The zero-order valence-electron chi connectivity index (χ0n) is 14.2. The molecule has 0 saturated carbocycles. The van der Waals surface area contributed by atoms with E-state index >= 15 is 0 Å². The zero-order valence-corrected chi connectivity index (χ0v) is 15.0. The van der Waals surface area contributed by atoms with E-state index in [-0.39, 0.29) is 16.6 Å². The minimum atomic E-state index is -3.67. The second-order valence-corrected chi connectivity index (χ2v) is 7.83. The van der Waals surface area contributed by atoms with Crippen LogP contribution in [-0.4, -0.2) is 57.0 Å². The summed E-state index contributed by atoms with van der Waals surface area (Å²) in [6.07, 6.45) is 3.10. The van der Waals surface area contributed by atoms with Gasteiger partial charge < -0.3 is 10.1 Å². The number of nitrogens with one attached hydrogen (secondary N) is 1. The maximum absolute atomic E-state index is 13.2. The van der Waals surface area contributed by atoms with Gasteiger partial charge in [0.1, 0.15) is 0 Å². The molecule has 1 aliphatic rings. The summed E-state index contributed by atoms with van der Waals surface area (Å²) < 4.78 is 32.8. The van der Waals surface area contributed by atoms with Gasteiger partial charge in [0.05, 0.1) is 12.0 Å². The van der Waals surface area contributed by atoms with E-state index in [0.717, 1.165) is 12.8 Å². The Morgan fingerprint density at radius 1 is 1.36 bits per heavy atom. The summed E-state index contributed by atoms with van der Waals surface area (Å²) in [6.45, 7) is 1.11. The Hall–Kier alpha value is -2.03. The third-order valence-corrected chi connectivity index (χ3v) is 6.50. The average molecular weight is 363 g/mol. The van der Waals surface area contributed by atoms with Gasteiger partial charge in [-0.3, -0.25) is 0 Å². The van der Waals surface area contributed by atoms with Crippen LogP contribution in [0.2, 0.25) is 0 Å². The van der Waals surface area contributed by atoms with Gasteiger partial charge in [-0.25, -0.2) is 18.2 Å². The maximum atomic E-state index is 13.2. The highest BCUT2D eigenvalue weighted by Gasteiger charge is 2.35. The molecule has 1 aliphatic heterocycles. The molecule has 1 fully saturated rings. The standard InChI is InChI=1S/C17H21N3O4S/c1-18-11-12-5-4-10-20(12)25(22,23)15-7-3-6-14-13(15)8-9-19-16(14)17(21)24-2/h3,6-9,12,18H,4-5,10-11H2,1-2H3. The molecule has 0 spiro atoms. The van der Waals surface area contributed by atoms with Crippen LogP contribution in [0.15, 0.2) is 35.4 Å². The Morgan fingerprint density at radius 2 is 2.16 bits per heavy atom. The van der Waals surface area contributed by atoms with Crippen molar-refractivity contribution in [1.29, 1.82) is 0 Å². The number of hydrogen-bond donors (Lipinski definition) is 1. The Balaban J connectivity index is 2.14. The van der Waals surface area contributed by atoms with Crippen LogP contribution in [0, 0.1) is 0 Å². The fourth-order valence-electron chi connectivity index (χ4n) is 3.35. The minimum Gasteiger partial charge on any atom is -0.464 e. The smallest absolute Gasteiger partial charge is 0.357 e. The van der Waals surface area contributed by atoms with Crippen LogP contribution in [-0.2, 0) is 14.8 Å². The van der Waals surface area contributed by atoms with Crippen molar-refractivity contribution in [2.45, 2.75) is 23.8 Å². The maximum Gasteiger partial charge on any atom is 0.357 e. The molecule has 1 saturated heterocycles. The van der Waals surface area contributed by atoms with Gasteiger partial charge in [-0.2, -0.15) is 4.31 Å². The topological polar surface area (TPSA) is 88.6 Å². The van der Waals surface area contributed by atoms with Gasteiger partial charge in [-0.1, -0.05) is 12.1 Å². The molecule has 7 nitrogen and oxygen atoms in total. The predicted octanol–water partition coefficient (Wildman–Crippen LogP) is 1.39. The summed E-state index contributed by atoms with van der Waals surface area (Å²) in [5.74, 6) is -0.589. The highest BCUT2D eigenvalue weighted by molar-refractivity contribution is 7.89. The van der Waals surface area contributed by atoms with Gasteiger partial charge in [-0.15, -0.1) is 0 Å². The van der Waals surface area contributed by atoms with E-state index < -0.39 is 16.0 Å². The van der Waals surface area contributed by atoms with E-state index in [1.807, 2.05) is 7.05 Å². The van der Waals surface area contributed by atoms with Crippen LogP contribution in [0.4, 0.5) is 0 Å². The average Bonchev–Trinajstić information content (AvgIpc) is 3.09. The lowest BCUT2D eigenvalue weighted by Crippen LogP contribution is -2.40. The lowest BCUT2D eigenvalue weighted by Gasteiger charge is -2.24. The molecular formula is C17H21N3O4S. The molecule has 2 aromatic rings. The minimum absolute atomic E-state index is 0.0628. The normalized spacial score (nSPS) is 18.6. The number of carbonyl (C=O) groups excluding carboxylic acids is 1. The summed E-state index contributed by atoms with van der Waals surface area (Å²) in [7, 11) is -0.584. The van der Waals surface area contributed by atoms with E-state index in [0.29, 0.717) is 23.9 Å². The fourth-order valence-corrected chi connectivity index (χ4v) is 5.26. The number of pyridine rings is 1. The first-order valence-electron chi connectivity index (χ1n) is 8.13. The van der Waals surface area contributed by atoms with Crippen LogP contribution in [0.25, 0.3) is 10.8 Å². The second kappa shape index (κ2) is 7.07. The molecule has 8 heteroatoms. The van der Waals surface area contributed by atoms with Crippen molar-refractivity contribution >= 4 is 26.8 Å². The van der Waals surface area contributed by atoms with Crippen molar-refractivity contribution in [3.8, 4) is 0 Å². The van der Waals surface area contributed by atoms with Crippen LogP contribution in [0.5, 0.6) is 0 Å². The third kappa shape index (κ3) is 3.12. The Labute approximate surface area is 147 Å². The molecule has 1 atom stereocenters. The largest absolute Gasteiger partial charge is 0.464 e. The highest BCUT2D eigenvalue weighted by atomic mass is 32.2. The van der Waals surface area contributed by atoms with Gasteiger partial charge >= 0.3 is 5.97 Å². The number of hydrogen-bond acceptors (Lipinski definition) is 6. The fraction of sp³-hybridized carbons (Fsp3) is 0.412. The lowest BCUT2D eigenvalue weighted by molar-refractivity contribution is 0.0596. The molecule has 0 radical (unpaired) electrons. The zero-order chi connectivity index (χ0) is 18.0. The molecule has 1 aromatic carbocycles. The van der Waals surface area contributed by atoms with E-state index in [2.05, 4.69) is 10.3 Å². The molecule has 0 aliphatic carbocycles. The van der Waals surface area contributed by atoms with Gasteiger partial charge in [-0.05, 0) is 32.0 Å². The monoisotopic (exact) mass is 363 g/mol. The molecule has 0 amide bonds. The molecule has 25 heavy (non-hydrogen) atoms. The highest BCUT2D eigenvalue weighted by Crippen LogP contribution is 2.31. The van der Waals surface area contributed by atoms with Crippen molar-refractivity contribution in [1.82, 2.24) is 14.6 Å². The number of ether oxygens (including phenoxy) is 1. The number of sulfonamides is 1. The molecule has 134 valence electrons. The summed E-state index contributed by atoms with van der Waals surface area (Å²) in [4.78, 5) is 16.2. The predicted molar refractivity (Wildman–Crippen MR) is 93.9 cm³/mol. The van der Waals surface area contributed by atoms with Crippen LogP contribution in [0.3, 0.4) is 0 Å². The Morgan fingerprint density at radius 3 is 2.88 bits per heavy atom. The van der Waals surface area contributed by atoms with Gasteiger partial charge in [0, 0.05) is 36.1 Å². The van der Waals surface area contributed by atoms with Crippen molar-refractivity contribution in [2.24, 2.45) is 0 Å². The second-order valence-electron chi connectivity index (χ2n) is 5.97. The van der Waals surface area contributed by atoms with E-state index in [1.54, 1.807) is 28.6 Å². The summed E-state index contributed by atoms with van der Waals surface area (Å²) >= 11 is 0. The van der Waals surface area contributed by atoms with Gasteiger partial charge in [0.15, 0.2) is 5.69 Å². The van der Waals surface area contributed by atoms with E-state index in [1.165, 1.54) is 13.3 Å². The Bertz CT molecular complexity index is 898. The summed E-state index contributed by atoms with van der Waals surface area (Å²) in [5, 5.41) is 4.01. The Kier molecular flexibility index (Phi) is 5.03. The SMILES string of the molecule is CNCC1CCCN1S(=O)(=O)c1cccc2c(C(=O)OC)nccc12. The molecule has 1 aromatic heterocycles. The van der Waals surface area contributed by atoms with Crippen LogP contribution in [0.1, 0.15) is 23.3 Å². The first kappa shape index (κ1) is 17.8. The van der Waals surface area contributed by atoms with Gasteiger partial charge in [0.2, 0.25) is 10.0 Å². The number of fused-ring (bicyclic) bond motifs is 1. The quantitative estimate of drug-likeness (QED) is 0.808. The number of rotatable bonds is 5. The number of esters is 1. The summed E-state index contributed by atoms with van der Waals surface area (Å²) in [6, 6.07) is 6.45. The number of likely N-dealkylation sites (N-methyl/N-ethyl adjacent to an activating group) is 1. The number of benzene rings is 1. The molecule has 0 bridgehead atoms. The molecule has 1 unspecified atom stereocenters. The third-order valence-electron chi connectivity index (χ3n) is 4.49. The first-order valence-corrected chi connectivity index (χ1v) is 9.57. The van der Waals surface area contributed by atoms with Crippen molar-refractivity contribution < 1.29 is 17.9 Å². The van der Waals surface area contributed by atoms with E-state index in [9.17, 15) is 13.2 Å². The molecule has 3 rings (SSSR count). The van der Waals surface area contributed by atoms with Crippen molar-refractivity contribution in [3.05, 3.63) is 36.2 Å². The van der Waals surface area contributed by atoms with Crippen molar-refractivity contribution in [2.75, 3.05) is 27.2 Å². The van der Waals surface area contributed by atoms with Crippen molar-refractivity contribution in [3.63, 3.8) is 0 Å². The molecule has 2 heterocycles. The molecule has 1 N–H and O–H groups in total.